The van der Waals surface area contributed by atoms with Crippen molar-refractivity contribution >= 4 is 11.9 Å². The number of hydrogen-bond acceptors (Lipinski definition) is 3. The summed E-state index contributed by atoms with van der Waals surface area (Å²) in [5, 5.41) is 12.0. The van der Waals surface area contributed by atoms with Gasteiger partial charge in [0.2, 0.25) is 5.91 Å². The Bertz CT molecular complexity index is 552. The van der Waals surface area contributed by atoms with Gasteiger partial charge in [0.15, 0.2) is 0 Å². The molecule has 0 saturated heterocycles. The third kappa shape index (κ3) is 4.55. The van der Waals surface area contributed by atoms with Gasteiger partial charge in [0, 0.05) is 19.8 Å². The second-order valence-electron chi connectivity index (χ2n) is 6.09. The number of benzene rings is 1. The van der Waals surface area contributed by atoms with Gasteiger partial charge in [0.1, 0.15) is 0 Å². The highest BCUT2D eigenvalue weighted by Crippen LogP contribution is 2.44. The molecule has 1 fully saturated rings. The molecule has 0 unspecified atom stereocenters. The van der Waals surface area contributed by atoms with Gasteiger partial charge in [-0.3, -0.25) is 4.79 Å². The maximum Gasteiger partial charge on any atom is 0.335 e. The highest BCUT2D eigenvalue weighted by atomic mass is 16.5. The molecule has 2 rings (SSSR count). The Hall–Kier alpha value is -1.88. The Kier molecular flexibility index (Phi) is 6.16. The summed E-state index contributed by atoms with van der Waals surface area (Å²) in [5.74, 6) is -0.821. The molecule has 1 aliphatic carbocycles. The fraction of sp³-hybridized carbons (Fsp3) is 0.556. The normalized spacial score (nSPS) is 15.7. The zero-order valence-corrected chi connectivity index (χ0v) is 13.6. The van der Waals surface area contributed by atoms with Gasteiger partial charge < -0.3 is 15.2 Å². The summed E-state index contributed by atoms with van der Waals surface area (Å²) in [4.78, 5) is 23.4. The highest BCUT2D eigenvalue weighted by molar-refractivity contribution is 5.87. The molecule has 2 N–H and O–H groups in total. The van der Waals surface area contributed by atoms with Crippen LogP contribution in [-0.4, -0.2) is 36.7 Å². The number of nitrogens with one attached hydrogen (secondary N) is 1. The van der Waals surface area contributed by atoms with Crippen molar-refractivity contribution in [1.82, 2.24) is 5.32 Å². The van der Waals surface area contributed by atoms with Gasteiger partial charge in [-0.25, -0.2) is 4.79 Å². The lowest BCUT2D eigenvalue weighted by Crippen LogP contribution is -2.46. The highest BCUT2D eigenvalue weighted by Gasteiger charge is 2.43. The van der Waals surface area contributed by atoms with Gasteiger partial charge in [-0.2, -0.15) is 0 Å². The van der Waals surface area contributed by atoms with Gasteiger partial charge in [0.05, 0.1) is 11.0 Å². The minimum atomic E-state index is -0.930. The van der Waals surface area contributed by atoms with E-state index in [1.54, 1.807) is 18.2 Å². The monoisotopic (exact) mass is 319 g/mol. The number of amides is 1. The minimum Gasteiger partial charge on any atom is -0.478 e. The first-order valence-corrected chi connectivity index (χ1v) is 8.26. The number of aromatic carboxylic acids is 1. The molecule has 23 heavy (non-hydrogen) atoms. The zero-order chi connectivity index (χ0) is 16.7. The second kappa shape index (κ2) is 8.11. The van der Waals surface area contributed by atoms with Crippen molar-refractivity contribution in [3.05, 3.63) is 35.4 Å². The average Bonchev–Trinajstić information content (AvgIpc) is 2.50. The number of hydrogen-bond donors (Lipinski definition) is 2. The van der Waals surface area contributed by atoms with Crippen LogP contribution in [-0.2, 0) is 16.0 Å². The summed E-state index contributed by atoms with van der Waals surface area (Å²) in [5.41, 5.74) is 0.945. The molecule has 1 aromatic carbocycles. The van der Waals surface area contributed by atoms with Crippen molar-refractivity contribution in [3.63, 3.8) is 0 Å². The van der Waals surface area contributed by atoms with Crippen molar-refractivity contribution < 1.29 is 19.4 Å². The molecule has 126 valence electrons. The lowest BCUT2D eigenvalue weighted by molar-refractivity contribution is -0.137. The molecule has 1 saturated carbocycles. The third-order valence-electron chi connectivity index (χ3n) is 4.59. The fourth-order valence-corrected chi connectivity index (χ4v) is 2.97. The first kappa shape index (κ1) is 17.5. The first-order chi connectivity index (χ1) is 11.1. The molecular weight excluding hydrogens is 294 g/mol. The van der Waals surface area contributed by atoms with Crippen LogP contribution in [0.25, 0.3) is 0 Å². The topological polar surface area (TPSA) is 75.6 Å². The maximum absolute atomic E-state index is 12.4. The standard InChI is InChI=1S/C18H25NO4/c1-2-23-12-10-18(8-4-9-18)17(22)19-11-7-14-5-3-6-15(13-14)16(20)21/h3,5-6,13H,2,4,7-12H2,1H3,(H,19,22)(H,20,21). The molecular formula is C18H25NO4. The number of carbonyl (C=O) groups is 2. The molecule has 5 heteroatoms. The average molecular weight is 319 g/mol. The van der Waals surface area contributed by atoms with Crippen molar-refractivity contribution in [2.45, 2.75) is 39.0 Å². The quantitative estimate of drug-likeness (QED) is 0.686. The van der Waals surface area contributed by atoms with Crippen LogP contribution >= 0.6 is 0 Å². The van der Waals surface area contributed by atoms with E-state index >= 15 is 0 Å². The SMILES string of the molecule is CCOCCC1(C(=O)NCCc2cccc(C(=O)O)c2)CCC1. The van der Waals surface area contributed by atoms with Gasteiger partial charge in [-0.1, -0.05) is 18.6 Å². The summed E-state index contributed by atoms with van der Waals surface area (Å²) in [7, 11) is 0. The van der Waals surface area contributed by atoms with Gasteiger partial charge >= 0.3 is 5.97 Å². The molecule has 0 aromatic heterocycles. The maximum atomic E-state index is 12.4. The predicted molar refractivity (Wildman–Crippen MR) is 87.5 cm³/mol. The number of carboxylic acid groups (broad SMARTS) is 1. The van der Waals surface area contributed by atoms with Gasteiger partial charge in [0.25, 0.3) is 0 Å². The van der Waals surface area contributed by atoms with E-state index in [-0.39, 0.29) is 16.9 Å². The van der Waals surface area contributed by atoms with Crippen LogP contribution in [0.3, 0.4) is 0 Å². The molecule has 1 aliphatic rings. The molecule has 0 radical (unpaired) electrons. The van der Waals surface area contributed by atoms with E-state index in [2.05, 4.69) is 5.32 Å². The molecule has 0 atom stereocenters. The molecule has 1 amide bonds. The molecule has 0 spiro atoms. The summed E-state index contributed by atoms with van der Waals surface area (Å²) in [6.45, 7) is 3.79. The summed E-state index contributed by atoms with van der Waals surface area (Å²) in [6.07, 6.45) is 4.37. The number of carbonyl (C=O) groups excluding carboxylic acids is 1. The Labute approximate surface area is 137 Å². The van der Waals surface area contributed by atoms with Crippen molar-refractivity contribution in [3.8, 4) is 0 Å². The van der Waals surface area contributed by atoms with Gasteiger partial charge in [-0.05, 0) is 50.3 Å². The Balaban J connectivity index is 1.82. The molecule has 5 nitrogen and oxygen atoms in total. The van der Waals surface area contributed by atoms with Crippen LogP contribution in [0.15, 0.2) is 24.3 Å². The van der Waals surface area contributed by atoms with E-state index in [0.29, 0.717) is 26.2 Å². The van der Waals surface area contributed by atoms with E-state index in [4.69, 9.17) is 9.84 Å². The lowest BCUT2D eigenvalue weighted by Gasteiger charge is -2.40. The smallest absolute Gasteiger partial charge is 0.335 e. The molecule has 0 heterocycles. The summed E-state index contributed by atoms with van der Waals surface area (Å²) >= 11 is 0. The van der Waals surface area contributed by atoms with E-state index < -0.39 is 5.97 Å². The van der Waals surface area contributed by atoms with Crippen molar-refractivity contribution in [1.29, 1.82) is 0 Å². The van der Waals surface area contributed by atoms with E-state index in [9.17, 15) is 9.59 Å². The van der Waals surface area contributed by atoms with Gasteiger partial charge in [-0.15, -0.1) is 0 Å². The van der Waals surface area contributed by atoms with E-state index in [1.807, 2.05) is 13.0 Å². The van der Waals surface area contributed by atoms with Crippen LogP contribution in [0.4, 0.5) is 0 Å². The minimum absolute atomic E-state index is 0.109. The van der Waals surface area contributed by atoms with E-state index in [0.717, 1.165) is 31.2 Å². The van der Waals surface area contributed by atoms with Crippen LogP contribution in [0.2, 0.25) is 0 Å². The Morgan fingerprint density at radius 2 is 2.13 bits per heavy atom. The second-order valence-corrected chi connectivity index (χ2v) is 6.09. The summed E-state index contributed by atoms with van der Waals surface area (Å²) < 4.78 is 5.39. The summed E-state index contributed by atoms with van der Waals surface area (Å²) in [6, 6.07) is 6.84. The van der Waals surface area contributed by atoms with Crippen molar-refractivity contribution in [2.75, 3.05) is 19.8 Å². The predicted octanol–water partition coefficient (Wildman–Crippen LogP) is 2.64. The largest absolute Gasteiger partial charge is 0.478 e. The third-order valence-corrected chi connectivity index (χ3v) is 4.59. The number of carboxylic acids is 1. The van der Waals surface area contributed by atoms with E-state index in [1.165, 1.54) is 0 Å². The molecule has 0 bridgehead atoms. The number of ether oxygens (including phenoxy) is 1. The first-order valence-electron chi connectivity index (χ1n) is 8.26. The Morgan fingerprint density at radius 1 is 1.35 bits per heavy atom. The Morgan fingerprint density at radius 3 is 2.74 bits per heavy atom. The van der Waals surface area contributed by atoms with Crippen LogP contribution in [0, 0.1) is 5.41 Å². The van der Waals surface area contributed by atoms with Crippen molar-refractivity contribution in [2.24, 2.45) is 5.41 Å². The molecule has 1 aromatic rings. The number of rotatable bonds is 9. The fourth-order valence-electron chi connectivity index (χ4n) is 2.97. The molecule has 0 aliphatic heterocycles. The van der Waals surface area contributed by atoms with Crippen LogP contribution in [0.1, 0.15) is 48.5 Å². The van der Waals surface area contributed by atoms with Crippen LogP contribution in [0.5, 0.6) is 0 Å². The van der Waals surface area contributed by atoms with Crippen LogP contribution < -0.4 is 5.32 Å². The lowest BCUT2D eigenvalue weighted by atomic mass is 9.66. The zero-order valence-electron chi connectivity index (χ0n) is 13.6.